The van der Waals surface area contributed by atoms with Crippen LogP contribution < -0.4 is 10.1 Å². The molecule has 0 heterocycles. The second kappa shape index (κ2) is 6.50. The predicted molar refractivity (Wildman–Crippen MR) is 83.4 cm³/mol. The molecule has 0 amide bonds. The Bertz CT molecular complexity index is 640. The number of halogens is 1. The molecule has 2 aromatic carbocycles. The topological polar surface area (TPSA) is 58.6 Å². The molecule has 0 aliphatic heterocycles. The van der Waals surface area contributed by atoms with Gasteiger partial charge in [0.25, 0.3) is 0 Å². The highest BCUT2D eigenvalue weighted by atomic mass is 35.5. The number of benzene rings is 2. The second-order valence-electron chi connectivity index (χ2n) is 4.64. The molecule has 0 aliphatic carbocycles. The van der Waals surface area contributed by atoms with Crippen LogP contribution >= 0.6 is 11.6 Å². The maximum Gasteiger partial charge on any atom is 0.335 e. The van der Waals surface area contributed by atoms with Gasteiger partial charge in [-0.3, -0.25) is 0 Å². The Hall–Kier alpha value is -2.20. The lowest BCUT2D eigenvalue weighted by Gasteiger charge is -2.18. The molecule has 0 bridgehead atoms. The Morgan fingerprint density at radius 2 is 1.90 bits per heavy atom. The van der Waals surface area contributed by atoms with Crippen molar-refractivity contribution in [1.82, 2.24) is 0 Å². The first-order chi connectivity index (χ1) is 10.0. The lowest BCUT2D eigenvalue weighted by atomic mass is 10.1. The zero-order chi connectivity index (χ0) is 15.4. The lowest BCUT2D eigenvalue weighted by Crippen LogP contribution is -2.08. The zero-order valence-corrected chi connectivity index (χ0v) is 12.5. The zero-order valence-electron chi connectivity index (χ0n) is 11.8. The summed E-state index contributed by atoms with van der Waals surface area (Å²) in [6, 6.07) is 12.2. The third-order valence-electron chi connectivity index (χ3n) is 3.19. The smallest absolute Gasteiger partial charge is 0.335 e. The van der Waals surface area contributed by atoms with Crippen molar-refractivity contribution in [3.05, 3.63) is 58.6 Å². The van der Waals surface area contributed by atoms with E-state index in [-0.39, 0.29) is 11.6 Å². The van der Waals surface area contributed by atoms with Gasteiger partial charge in [-0.25, -0.2) is 4.79 Å². The number of nitrogens with one attached hydrogen (secondary N) is 1. The minimum absolute atomic E-state index is 0.0137. The molecule has 0 spiro atoms. The Morgan fingerprint density at radius 3 is 2.48 bits per heavy atom. The fourth-order valence-electron chi connectivity index (χ4n) is 2.02. The predicted octanol–water partition coefficient (Wildman–Crippen LogP) is 4.22. The van der Waals surface area contributed by atoms with Crippen LogP contribution in [-0.2, 0) is 0 Å². The summed E-state index contributed by atoms with van der Waals surface area (Å²) in [6.07, 6.45) is 0. The van der Waals surface area contributed by atoms with Crippen molar-refractivity contribution in [2.24, 2.45) is 0 Å². The molecule has 110 valence electrons. The monoisotopic (exact) mass is 305 g/mol. The number of hydrogen-bond acceptors (Lipinski definition) is 3. The Labute approximate surface area is 128 Å². The van der Waals surface area contributed by atoms with Crippen LogP contribution in [0.15, 0.2) is 42.5 Å². The molecule has 2 N–H and O–H groups in total. The Kier molecular flexibility index (Phi) is 4.70. The summed E-state index contributed by atoms with van der Waals surface area (Å²) in [7, 11) is 1.55. The van der Waals surface area contributed by atoms with Gasteiger partial charge in [-0.05, 0) is 42.8 Å². The number of hydrogen-bond donors (Lipinski definition) is 2. The van der Waals surface area contributed by atoms with Crippen molar-refractivity contribution < 1.29 is 14.6 Å². The number of rotatable bonds is 5. The number of aromatic carboxylic acids is 1. The molecular weight excluding hydrogens is 290 g/mol. The minimum atomic E-state index is -0.972. The summed E-state index contributed by atoms with van der Waals surface area (Å²) in [4.78, 5) is 11.1. The molecule has 2 aromatic rings. The van der Waals surface area contributed by atoms with Crippen LogP contribution in [-0.4, -0.2) is 18.2 Å². The van der Waals surface area contributed by atoms with Crippen molar-refractivity contribution in [2.45, 2.75) is 13.0 Å². The molecule has 5 heteroatoms. The van der Waals surface area contributed by atoms with Crippen LogP contribution in [0.1, 0.15) is 28.9 Å². The quantitative estimate of drug-likeness (QED) is 0.868. The Morgan fingerprint density at radius 1 is 1.24 bits per heavy atom. The summed E-state index contributed by atoms with van der Waals surface area (Å²) in [5.41, 5.74) is 1.89. The van der Waals surface area contributed by atoms with Crippen molar-refractivity contribution in [3.63, 3.8) is 0 Å². The van der Waals surface area contributed by atoms with Gasteiger partial charge in [0.15, 0.2) is 0 Å². The van der Waals surface area contributed by atoms with Crippen LogP contribution in [0.2, 0.25) is 5.02 Å². The molecule has 21 heavy (non-hydrogen) atoms. The molecule has 0 fully saturated rings. The molecule has 4 nitrogen and oxygen atoms in total. The third kappa shape index (κ3) is 3.67. The van der Waals surface area contributed by atoms with E-state index in [0.29, 0.717) is 16.5 Å². The largest absolute Gasteiger partial charge is 0.495 e. The molecule has 0 radical (unpaired) electrons. The molecule has 0 aliphatic rings. The van der Waals surface area contributed by atoms with Crippen molar-refractivity contribution in [1.29, 1.82) is 0 Å². The first-order valence-electron chi connectivity index (χ1n) is 6.44. The standard InChI is InChI=1S/C16H16ClNO3/c1-10(11-3-6-13(17)7-4-11)18-14-9-12(16(19)20)5-8-15(14)21-2/h3-10,18H,1-2H3,(H,19,20). The number of carbonyl (C=O) groups is 1. The average Bonchev–Trinajstić information content (AvgIpc) is 2.47. The van der Waals surface area contributed by atoms with Crippen molar-refractivity contribution in [2.75, 3.05) is 12.4 Å². The van der Waals surface area contributed by atoms with E-state index < -0.39 is 5.97 Å². The summed E-state index contributed by atoms with van der Waals surface area (Å²) < 4.78 is 5.26. The SMILES string of the molecule is COc1ccc(C(=O)O)cc1NC(C)c1ccc(Cl)cc1. The molecule has 1 atom stereocenters. The van der Waals surface area contributed by atoms with Crippen LogP contribution in [0.4, 0.5) is 5.69 Å². The number of ether oxygens (including phenoxy) is 1. The van der Waals surface area contributed by atoms with E-state index in [1.807, 2.05) is 31.2 Å². The Balaban J connectivity index is 2.26. The van der Waals surface area contributed by atoms with Gasteiger partial charge >= 0.3 is 5.97 Å². The van der Waals surface area contributed by atoms with E-state index >= 15 is 0 Å². The van der Waals surface area contributed by atoms with Crippen molar-refractivity contribution >= 4 is 23.3 Å². The van der Waals surface area contributed by atoms with Crippen molar-refractivity contribution in [3.8, 4) is 5.75 Å². The number of carboxylic acids is 1. The van der Waals surface area contributed by atoms with E-state index in [1.165, 1.54) is 6.07 Å². The highest BCUT2D eigenvalue weighted by Crippen LogP contribution is 2.29. The number of carboxylic acid groups (broad SMARTS) is 1. The van der Waals surface area contributed by atoms with Gasteiger partial charge in [0.2, 0.25) is 0 Å². The van der Waals surface area contributed by atoms with Gasteiger partial charge in [-0.1, -0.05) is 23.7 Å². The van der Waals surface area contributed by atoms with Gasteiger partial charge in [0, 0.05) is 11.1 Å². The van der Waals surface area contributed by atoms with Gasteiger partial charge in [-0.15, -0.1) is 0 Å². The van der Waals surface area contributed by atoms with Gasteiger partial charge < -0.3 is 15.2 Å². The lowest BCUT2D eigenvalue weighted by molar-refractivity contribution is 0.0697. The van der Waals surface area contributed by atoms with Gasteiger partial charge in [-0.2, -0.15) is 0 Å². The first kappa shape index (κ1) is 15.2. The fraction of sp³-hybridized carbons (Fsp3) is 0.188. The average molecular weight is 306 g/mol. The van der Waals surface area contributed by atoms with E-state index in [9.17, 15) is 4.79 Å². The van der Waals surface area contributed by atoms with Crippen LogP contribution in [0.5, 0.6) is 5.75 Å². The molecule has 0 saturated heterocycles. The molecule has 2 rings (SSSR count). The highest BCUT2D eigenvalue weighted by Gasteiger charge is 2.12. The number of anilines is 1. The summed E-state index contributed by atoms with van der Waals surface area (Å²) in [5, 5.41) is 13.0. The molecule has 0 saturated carbocycles. The first-order valence-corrected chi connectivity index (χ1v) is 6.82. The van der Waals surface area contributed by atoms with E-state index in [0.717, 1.165) is 5.56 Å². The highest BCUT2D eigenvalue weighted by molar-refractivity contribution is 6.30. The summed E-state index contributed by atoms with van der Waals surface area (Å²) in [5.74, 6) is -0.374. The van der Waals surface area contributed by atoms with Gasteiger partial charge in [0.1, 0.15) is 5.75 Å². The normalized spacial score (nSPS) is 11.8. The van der Waals surface area contributed by atoms with E-state index in [4.69, 9.17) is 21.4 Å². The molecule has 0 aromatic heterocycles. The van der Waals surface area contributed by atoms with Crippen LogP contribution in [0.3, 0.4) is 0 Å². The second-order valence-corrected chi connectivity index (χ2v) is 5.07. The van der Waals surface area contributed by atoms with Crippen LogP contribution in [0.25, 0.3) is 0 Å². The molecular formula is C16H16ClNO3. The minimum Gasteiger partial charge on any atom is -0.495 e. The maximum atomic E-state index is 11.1. The van der Waals surface area contributed by atoms with E-state index in [1.54, 1.807) is 19.2 Å². The van der Waals surface area contributed by atoms with E-state index in [2.05, 4.69) is 5.32 Å². The summed E-state index contributed by atoms with van der Waals surface area (Å²) in [6.45, 7) is 1.98. The number of methoxy groups -OCH3 is 1. The summed E-state index contributed by atoms with van der Waals surface area (Å²) >= 11 is 5.87. The van der Waals surface area contributed by atoms with Gasteiger partial charge in [0.05, 0.1) is 18.4 Å². The third-order valence-corrected chi connectivity index (χ3v) is 3.44. The van der Waals surface area contributed by atoms with Crippen LogP contribution in [0, 0.1) is 0 Å². The molecule has 1 unspecified atom stereocenters. The fourth-order valence-corrected chi connectivity index (χ4v) is 2.15. The maximum absolute atomic E-state index is 11.1.